The van der Waals surface area contributed by atoms with Gasteiger partial charge in [-0.25, -0.2) is 0 Å². The van der Waals surface area contributed by atoms with Gasteiger partial charge >= 0.3 is 0 Å². The van der Waals surface area contributed by atoms with E-state index in [1.807, 2.05) is 13.8 Å². The summed E-state index contributed by atoms with van der Waals surface area (Å²) in [7, 11) is 0. The highest BCUT2D eigenvalue weighted by Gasteiger charge is 2.19. The van der Waals surface area contributed by atoms with Gasteiger partial charge in [0.15, 0.2) is 0 Å². The van der Waals surface area contributed by atoms with Crippen LogP contribution in [0.2, 0.25) is 0 Å². The highest BCUT2D eigenvalue weighted by Crippen LogP contribution is 2.08. The van der Waals surface area contributed by atoms with E-state index in [4.69, 9.17) is 10.2 Å². The maximum atomic E-state index is 9.04. The van der Waals surface area contributed by atoms with E-state index < -0.39 is 0 Å². The summed E-state index contributed by atoms with van der Waals surface area (Å²) in [5, 5.41) is 18.1. The Labute approximate surface area is 81.4 Å². The molecule has 0 aromatic rings. The minimum atomic E-state index is 0.129. The fourth-order valence-corrected chi connectivity index (χ4v) is 1.43. The predicted octanol–water partition coefficient (Wildman–Crippen LogP) is 0.706. The molecular weight excluding hydrogens is 166 g/mol. The molecule has 0 saturated carbocycles. The Hall–Kier alpha value is -0.120. The van der Waals surface area contributed by atoms with Crippen LogP contribution in [0.5, 0.6) is 0 Å². The third-order valence-corrected chi connectivity index (χ3v) is 2.24. The summed E-state index contributed by atoms with van der Waals surface area (Å²) in [5.74, 6) is 0.558. The van der Waals surface area contributed by atoms with Gasteiger partial charge < -0.3 is 10.2 Å². The molecule has 3 nitrogen and oxygen atoms in total. The van der Waals surface area contributed by atoms with Crippen LogP contribution in [0.4, 0.5) is 0 Å². The van der Waals surface area contributed by atoms with Gasteiger partial charge in [0.05, 0.1) is 13.2 Å². The van der Waals surface area contributed by atoms with E-state index in [0.29, 0.717) is 5.92 Å². The zero-order chi connectivity index (χ0) is 10.4. The lowest BCUT2D eigenvalue weighted by atomic mass is 10.1. The first-order chi connectivity index (χ1) is 6.02. The van der Waals surface area contributed by atoms with Crippen molar-refractivity contribution < 1.29 is 10.2 Å². The molecule has 80 valence electrons. The van der Waals surface area contributed by atoms with Crippen LogP contribution in [0.1, 0.15) is 27.7 Å². The van der Waals surface area contributed by atoms with E-state index in [1.165, 1.54) is 0 Å². The third-order valence-electron chi connectivity index (χ3n) is 2.24. The standard InChI is InChI=1S/C10H23NO2/c1-8(2)5-11(9(3)6-12)10(4)7-13/h8-10,12-13H,5-7H2,1-4H3. The first kappa shape index (κ1) is 12.9. The van der Waals surface area contributed by atoms with Gasteiger partial charge in [0.25, 0.3) is 0 Å². The highest BCUT2D eigenvalue weighted by molar-refractivity contribution is 4.73. The maximum absolute atomic E-state index is 9.04. The van der Waals surface area contributed by atoms with Gasteiger partial charge in [-0.2, -0.15) is 0 Å². The Morgan fingerprint density at radius 2 is 1.31 bits per heavy atom. The maximum Gasteiger partial charge on any atom is 0.0584 e. The van der Waals surface area contributed by atoms with Gasteiger partial charge in [-0.1, -0.05) is 13.8 Å². The summed E-state index contributed by atoms with van der Waals surface area (Å²) < 4.78 is 0. The van der Waals surface area contributed by atoms with Crippen molar-refractivity contribution in [2.75, 3.05) is 19.8 Å². The van der Waals surface area contributed by atoms with Gasteiger partial charge in [-0.3, -0.25) is 4.90 Å². The summed E-state index contributed by atoms with van der Waals surface area (Å²) in [4.78, 5) is 2.14. The summed E-state index contributed by atoms with van der Waals surface area (Å²) in [5.41, 5.74) is 0. The second kappa shape index (κ2) is 6.35. The summed E-state index contributed by atoms with van der Waals surface area (Å²) in [6.45, 7) is 9.46. The molecule has 0 aromatic heterocycles. The molecule has 0 radical (unpaired) electrons. The summed E-state index contributed by atoms with van der Waals surface area (Å²) in [6.07, 6.45) is 0. The molecule has 13 heavy (non-hydrogen) atoms. The molecule has 2 unspecified atom stereocenters. The van der Waals surface area contributed by atoms with Crippen molar-refractivity contribution in [3.05, 3.63) is 0 Å². The Morgan fingerprint density at radius 1 is 0.923 bits per heavy atom. The fraction of sp³-hybridized carbons (Fsp3) is 1.00. The van der Waals surface area contributed by atoms with Gasteiger partial charge in [-0.15, -0.1) is 0 Å². The Balaban J connectivity index is 4.17. The second-order valence-corrected chi connectivity index (χ2v) is 4.15. The minimum absolute atomic E-state index is 0.129. The SMILES string of the molecule is CC(C)CN(C(C)CO)C(C)CO. The van der Waals surface area contributed by atoms with E-state index >= 15 is 0 Å². The molecule has 0 aromatic carbocycles. The Bertz CT molecular complexity index is 118. The quantitative estimate of drug-likeness (QED) is 0.646. The van der Waals surface area contributed by atoms with Crippen LogP contribution in [0.15, 0.2) is 0 Å². The van der Waals surface area contributed by atoms with Crippen molar-refractivity contribution in [1.82, 2.24) is 4.90 Å². The number of rotatable bonds is 6. The van der Waals surface area contributed by atoms with Gasteiger partial charge in [0.2, 0.25) is 0 Å². The lowest BCUT2D eigenvalue weighted by Crippen LogP contribution is -2.45. The lowest BCUT2D eigenvalue weighted by molar-refractivity contribution is 0.0587. The number of aliphatic hydroxyl groups excluding tert-OH is 2. The van der Waals surface area contributed by atoms with Crippen LogP contribution >= 0.6 is 0 Å². The fourth-order valence-electron chi connectivity index (χ4n) is 1.43. The first-order valence-corrected chi connectivity index (χ1v) is 5.00. The molecule has 2 atom stereocenters. The van der Waals surface area contributed by atoms with Crippen LogP contribution in [0.3, 0.4) is 0 Å². The van der Waals surface area contributed by atoms with Crippen LogP contribution in [-0.2, 0) is 0 Å². The molecule has 0 amide bonds. The largest absolute Gasteiger partial charge is 0.395 e. The molecule has 0 aliphatic rings. The van der Waals surface area contributed by atoms with Crippen molar-refractivity contribution in [3.63, 3.8) is 0 Å². The average Bonchev–Trinajstić information content (AvgIpc) is 2.11. The van der Waals surface area contributed by atoms with Crippen molar-refractivity contribution in [2.24, 2.45) is 5.92 Å². The predicted molar refractivity (Wildman–Crippen MR) is 54.6 cm³/mol. The number of aliphatic hydroxyl groups is 2. The van der Waals surface area contributed by atoms with E-state index in [9.17, 15) is 0 Å². The van der Waals surface area contributed by atoms with Crippen molar-refractivity contribution in [3.8, 4) is 0 Å². The molecule has 0 spiro atoms. The summed E-state index contributed by atoms with van der Waals surface area (Å²) in [6, 6.07) is 0.258. The first-order valence-electron chi connectivity index (χ1n) is 5.00. The Kier molecular flexibility index (Phi) is 6.29. The minimum Gasteiger partial charge on any atom is -0.395 e. The highest BCUT2D eigenvalue weighted by atomic mass is 16.3. The molecule has 0 heterocycles. The molecule has 0 aliphatic heterocycles. The molecule has 0 saturated heterocycles. The van der Waals surface area contributed by atoms with Crippen LogP contribution in [0, 0.1) is 5.92 Å². The van der Waals surface area contributed by atoms with Crippen molar-refractivity contribution in [2.45, 2.75) is 39.8 Å². The monoisotopic (exact) mass is 189 g/mol. The van der Waals surface area contributed by atoms with E-state index in [1.54, 1.807) is 0 Å². The molecule has 2 N–H and O–H groups in total. The molecule has 0 fully saturated rings. The Morgan fingerprint density at radius 3 is 1.54 bits per heavy atom. The summed E-state index contributed by atoms with van der Waals surface area (Å²) >= 11 is 0. The molecule has 0 rings (SSSR count). The van der Waals surface area contributed by atoms with E-state index in [-0.39, 0.29) is 25.3 Å². The number of hydrogen-bond donors (Lipinski definition) is 2. The van der Waals surface area contributed by atoms with E-state index in [0.717, 1.165) is 6.54 Å². The second-order valence-electron chi connectivity index (χ2n) is 4.15. The van der Waals surface area contributed by atoms with Gasteiger partial charge in [0.1, 0.15) is 0 Å². The third kappa shape index (κ3) is 4.60. The normalized spacial score (nSPS) is 16.6. The zero-order valence-electron chi connectivity index (χ0n) is 9.20. The molecular formula is C10H23NO2. The zero-order valence-corrected chi connectivity index (χ0v) is 9.20. The van der Waals surface area contributed by atoms with Crippen molar-refractivity contribution in [1.29, 1.82) is 0 Å². The molecule has 3 heteroatoms. The topological polar surface area (TPSA) is 43.7 Å². The van der Waals surface area contributed by atoms with Gasteiger partial charge in [-0.05, 0) is 19.8 Å². The average molecular weight is 189 g/mol. The number of nitrogens with zero attached hydrogens (tertiary/aromatic N) is 1. The lowest BCUT2D eigenvalue weighted by Gasteiger charge is -2.33. The van der Waals surface area contributed by atoms with E-state index in [2.05, 4.69) is 18.7 Å². The van der Waals surface area contributed by atoms with Crippen LogP contribution < -0.4 is 0 Å². The molecule has 0 aliphatic carbocycles. The van der Waals surface area contributed by atoms with Gasteiger partial charge in [0, 0.05) is 18.6 Å². The van der Waals surface area contributed by atoms with Crippen molar-refractivity contribution >= 4 is 0 Å². The number of hydrogen-bond acceptors (Lipinski definition) is 3. The van der Waals surface area contributed by atoms with Crippen LogP contribution in [-0.4, -0.2) is 47.0 Å². The smallest absolute Gasteiger partial charge is 0.0584 e. The molecule has 0 bridgehead atoms. The van der Waals surface area contributed by atoms with Crippen LogP contribution in [0.25, 0.3) is 0 Å².